The number of carbonyl (C=O) groups excluding carboxylic acids is 1. The summed E-state index contributed by atoms with van der Waals surface area (Å²) in [7, 11) is 1.25. The predicted molar refractivity (Wildman–Crippen MR) is 288 cm³/mol. The number of amides is 1. The van der Waals surface area contributed by atoms with Gasteiger partial charge in [0.15, 0.2) is 0 Å². The Morgan fingerprint density at radius 2 is 0.881 bits per heavy atom. The molecule has 0 fully saturated rings. The molecule has 0 spiro atoms. The molecule has 3 unspecified atom stereocenters. The monoisotopic (exact) mass is 963 g/mol. The smallest absolute Gasteiger partial charge is 0.268 e. The molecule has 0 aromatic heterocycles. The standard InChI is InChI=1S/C58H111N2O6P/c1-6-8-10-12-14-16-18-20-22-23-24-25-26-27-28-29-30-31-32-33-34-35-36-37-38-40-42-44-46-48-50-52-58(62)59-56(55-66-67(63,64)65-54-53-60(3,4)5)57(61)51-49-47-45-43-41-39-21-19-17-15-13-11-9-7-2/h18,20,23-24,41,43,49,51,56-57,61H,6-17,19,21-22,25-40,42,44-48,50,52-55H2,1-5H3,(H-,59,62,63,64)/b20-18-,24-23-,43-41+,51-49+. The average molecular weight is 964 g/mol. The third-order valence-electron chi connectivity index (χ3n) is 12.8. The molecule has 0 heterocycles. The lowest BCUT2D eigenvalue weighted by Crippen LogP contribution is -2.45. The Morgan fingerprint density at radius 1 is 0.522 bits per heavy atom. The van der Waals surface area contributed by atoms with E-state index in [0.29, 0.717) is 17.4 Å². The van der Waals surface area contributed by atoms with Crippen molar-refractivity contribution in [3.63, 3.8) is 0 Å². The Balaban J connectivity index is 4.08. The van der Waals surface area contributed by atoms with Crippen molar-refractivity contribution in [1.82, 2.24) is 5.32 Å². The molecule has 0 radical (unpaired) electrons. The second-order valence-corrected chi connectivity index (χ2v) is 22.0. The highest BCUT2D eigenvalue weighted by Gasteiger charge is 2.23. The molecule has 67 heavy (non-hydrogen) atoms. The van der Waals surface area contributed by atoms with Crippen LogP contribution < -0.4 is 10.2 Å². The number of rotatable bonds is 52. The number of aliphatic hydroxyl groups excluding tert-OH is 1. The molecular weight excluding hydrogens is 852 g/mol. The first-order valence-corrected chi connectivity index (χ1v) is 30.0. The van der Waals surface area contributed by atoms with Gasteiger partial charge < -0.3 is 28.8 Å². The highest BCUT2D eigenvalue weighted by Crippen LogP contribution is 2.38. The molecule has 0 aromatic rings. The number of quaternary nitrogens is 1. The molecule has 0 rings (SSSR count). The lowest BCUT2D eigenvalue weighted by atomic mass is 10.0. The largest absolute Gasteiger partial charge is 0.756 e. The van der Waals surface area contributed by atoms with E-state index in [4.69, 9.17) is 9.05 Å². The van der Waals surface area contributed by atoms with Crippen molar-refractivity contribution >= 4 is 13.7 Å². The van der Waals surface area contributed by atoms with Crippen molar-refractivity contribution < 1.29 is 32.9 Å². The zero-order valence-electron chi connectivity index (χ0n) is 44.9. The Bertz CT molecular complexity index is 1230. The van der Waals surface area contributed by atoms with E-state index in [0.717, 1.165) is 44.9 Å². The third-order valence-corrected chi connectivity index (χ3v) is 13.7. The minimum absolute atomic E-state index is 0.00591. The van der Waals surface area contributed by atoms with Crippen LogP contribution in [0.2, 0.25) is 0 Å². The molecule has 1 amide bonds. The number of aliphatic hydroxyl groups is 1. The molecule has 0 bridgehead atoms. The number of hydrogen-bond acceptors (Lipinski definition) is 6. The van der Waals surface area contributed by atoms with Gasteiger partial charge in [0.2, 0.25) is 5.91 Å². The Hall–Kier alpha value is -1.54. The summed E-state index contributed by atoms with van der Waals surface area (Å²) in [5.74, 6) is -0.205. The van der Waals surface area contributed by atoms with E-state index in [1.54, 1.807) is 6.08 Å². The molecule has 3 atom stereocenters. The van der Waals surface area contributed by atoms with Crippen LogP contribution in [0.25, 0.3) is 0 Å². The van der Waals surface area contributed by atoms with Gasteiger partial charge in [0.25, 0.3) is 7.82 Å². The summed E-state index contributed by atoms with van der Waals surface area (Å²) < 4.78 is 23.3. The van der Waals surface area contributed by atoms with Crippen molar-refractivity contribution in [1.29, 1.82) is 0 Å². The number of allylic oxidation sites excluding steroid dienone is 7. The summed E-state index contributed by atoms with van der Waals surface area (Å²) in [6.45, 7) is 4.63. The number of nitrogens with zero attached hydrogens (tertiary/aromatic N) is 1. The first kappa shape index (κ1) is 65.5. The fourth-order valence-electron chi connectivity index (χ4n) is 8.26. The van der Waals surface area contributed by atoms with Gasteiger partial charge in [-0.05, 0) is 64.2 Å². The second-order valence-electron chi connectivity index (χ2n) is 20.6. The van der Waals surface area contributed by atoms with Crippen LogP contribution in [0, 0.1) is 0 Å². The molecule has 0 aliphatic carbocycles. The summed E-state index contributed by atoms with van der Waals surface area (Å²) in [5.41, 5.74) is 0. The minimum Gasteiger partial charge on any atom is -0.756 e. The van der Waals surface area contributed by atoms with E-state index < -0.39 is 26.6 Å². The van der Waals surface area contributed by atoms with E-state index in [9.17, 15) is 19.4 Å². The third kappa shape index (κ3) is 52.1. The summed E-state index contributed by atoms with van der Waals surface area (Å²) in [6, 6.07) is -0.902. The highest BCUT2D eigenvalue weighted by atomic mass is 31.2. The maximum absolute atomic E-state index is 12.9. The maximum Gasteiger partial charge on any atom is 0.268 e. The topological polar surface area (TPSA) is 108 Å². The molecule has 9 heteroatoms. The SMILES string of the molecule is CCCCCCC/C=C\C/C=C\CCCCCCCCCCCCCCCCCCCCCC(=O)NC(COP(=O)([O-])OCC[N+](C)(C)C)C(O)/C=C/CC/C=C/CCCCCCCCCC. The van der Waals surface area contributed by atoms with E-state index in [2.05, 4.69) is 55.6 Å². The highest BCUT2D eigenvalue weighted by molar-refractivity contribution is 7.45. The molecule has 0 saturated carbocycles. The van der Waals surface area contributed by atoms with E-state index in [1.165, 1.54) is 199 Å². The van der Waals surface area contributed by atoms with Gasteiger partial charge in [0.1, 0.15) is 13.2 Å². The van der Waals surface area contributed by atoms with E-state index >= 15 is 0 Å². The van der Waals surface area contributed by atoms with Gasteiger partial charge in [0.05, 0.1) is 39.9 Å². The van der Waals surface area contributed by atoms with Gasteiger partial charge in [-0.2, -0.15) is 0 Å². The van der Waals surface area contributed by atoms with Gasteiger partial charge in [-0.15, -0.1) is 0 Å². The van der Waals surface area contributed by atoms with Crippen LogP contribution in [0.3, 0.4) is 0 Å². The van der Waals surface area contributed by atoms with Gasteiger partial charge >= 0.3 is 0 Å². The fourth-order valence-corrected chi connectivity index (χ4v) is 8.98. The zero-order valence-corrected chi connectivity index (χ0v) is 45.7. The second kappa shape index (κ2) is 49.4. The normalized spacial score (nSPS) is 14.3. The van der Waals surface area contributed by atoms with Crippen molar-refractivity contribution in [3.8, 4) is 0 Å². The van der Waals surface area contributed by atoms with E-state index in [1.807, 2.05) is 27.2 Å². The molecule has 0 aromatic carbocycles. The Labute approximate surface area is 416 Å². The Morgan fingerprint density at radius 3 is 1.30 bits per heavy atom. The lowest BCUT2D eigenvalue weighted by molar-refractivity contribution is -0.870. The molecule has 0 saturated heterocycles. The summed E-state index contributed by atoms with van der Waals surface area (Å²) in [4.78, 5) is 25.4. The van der Waals surface area contributed by atoms with Crippen LogP contribution in [0.5, 0.6) is 0 Å². The van der Waals surface area contributed by atoms with Crippen LogP contribution in [-0.2, 0) is 18.4 Å². The van der Waals surface area contributed by atoms with Crippen molar-refractivity contribution in [2.75, 3.05) is 40.9 Å². The maximum atomic E-state index is 12.9. The number of hydrogen-bond donors (Lipinski definition) is 2. The number of unbranched alkanes of at least 4 members (excludes halogenated alkanes) is 33. The van der Waals surface area contributed by atoms with Crippen LogP contribution in [-0.4, -0.2) is 68.5 Å². The van der Waals surface area contributed by atoms with Gasteiger partial charge in [-0.3, -0.25) is 9.36 Å². The minimum atomic E-state index is -4.60. The molecular formula is C58H111N2O6P. The van der Waals surface area contributed by atoms with Gasteiger partial charge in [-0.1, -0.05) is 242 Å². The molecule has 0 aliphatic rings. The van der Waals surface area contributed by atoms with Crippen LogP contribution in [0.1, 0.15) is 264 Å². The molecule has 8 nitrogen and oxygen atoms in total. The number of phosphoric ester groups is 1. The van der Waals surface area contributed by atoms with Crippen LogP contribution in [0.15, 0.2) is 48.6 Å². The van der Waals surface area contributed by atoms with Crippen LogP contribution in [0.4, 0.5) is 0 Å². The summed E-state index contributed by atoms with van der Waals surface area (Å²) in [5, 5.41) is 13.8. The first-order valence-electron chi connectivity index (χ1n) is 28.5. The predicted octanol–water partition coefficient (Wildman–Crippen LogP) is 16.5. The number of carbonyl (C=O) groups is 1. The van der Waals surface area contributed by atoms with Crippen LogP contribution >= 0.6 is 7.82 Å². The first-order chi connectivity index (χ1) is 32.5. The van der Waals surface area contributed by atoms with Crippen molar-refractivity contribution in [2.24, 2.45) is 0 Å². The quantitative estimate of drug-likeness (QED) is 0.0272. The number of nitrogens with one attached hydrogen (secondary N) is 1. The molecule has 2 N–H and O–H groups in total. The average Bonchev–Trinajstić information content (AvgIpc) is 3.29. The zero-order chi connectivity index (χ0) is 49.2. The van der Waals surface area contributed by atoms with E-state index in [-0.39, 0.29) is 12.5 Å². The van der Waals surface area contributed by atoms with Gasteiger partial charge in [0, 0.05) is 6.42 Å². The molecule has 0 aliphatic heterocycles. The lowest BCUT2D eigenvalue weighted by Gasteiger charge is -2.29. The molecule has 394 valence electrons. The van der Waals surface area contributed by atoms with Crippen molar-refractivity contribution in [3.05, 3.63) is 48.6 Å². The summed E-state index contributed by atoms with van der Waals surface area (Å²) in [6.07, 6.45) is 64.8. The summed E-state index contributed by atoms with van der Waals surface area (Å²) >= 11 is 0. The number of phosphoric acid groups is 1. The Kier molecular flexibility index (Phi) is 48.3. The number of likely N-dealkylation sites (N-methyl/N-ethyl adjacent to an activating group) is 1. The van der Waals surface area contributed by atoms with Gasteiger partial charge in [-0.25, -0.2) is 0 Å². The van der Waals surface area contributed by atoms with Crippen molar-refractivity contribution in [2.45, 2.75) is 276 Å². The fraction of sp³-hybridized carbons (Fsp3) is 0.845.